The molecule has 150 valence electrons. The van der Waals surface area contributed by atoms with Crippen LogP contribution in [0.5, 0.6) is 0 Å². The van der Waals surface area contributed by atoms with E-state index in [9.17, 15) is 36.2 Å². The highest BCUT2D eigenvalue weighted by molar-refractivity contribution is 7.99. The van der Waals surface area contributed by atoms with Gasteiger partial charge in [0, 0.05) is 26.5 Å². The van der Waals surface area contributed by atoms with Gasteiger partial charge in [-0.25, -0.2) is 0 Å². The molecular formula is C20H10F6O2S. The van der Waals surface area contributed by atoms with Crippen LogP contribution >= 0.6 is 11.8 Å². The van der Waals surface area contributed by atoms with E-state index in [0.717, 1.165) is 17.8 Å². The Bertz CT molecular complexity index is 1150. The van der Waals surface area contributed by atoms with Gasteiger partial charge in [-0.3, -0.25) is 4.79 Å². The van der Waals surface area contributed by atoms with Crippen LogP contribution in [-0.2, 0) is 5.60 Å². The number of Topliss-reactive ketones (excluding diaryl/α,β-unsaturated/α-hetero) is 1. The van der Waals surface area contributed by atoms with E-state index in [2.05, 4.69) is 0 Å². The topological polar surface area (TPSA) is 37.3 Å². The number of hydrogen-bond donors (Lipinski definition) is 1. The van der Waals surface area contributed by atoms with E-state index in [4.69, 9.17) is 0 Å². The average molecular weight is 428 g/mol. The van der Waals surface area contributed by atoms with Gasteiger partial charge in [0.15, 0.2) is 0 Å². The molecule has 3 aromatic carbocycles. The Hall–Kier alpha value is -2.52. The van der Waals surface area contributed by atoms with Gasteiger partial charge in [0.2, 0.25) is 5.60 Å². The summed E-state index contributed by atoms with van der Waals surface area (Å²) in [6.07, 6.45) is -10.5. The van der Waals surface area contributed by atoms with Crippen LogP contribution in [0.1, 0.15) is 21.5 Å². The first-order valence-electron chi connectivity index (χ1n) is 8.20. The molecule has 0 fully saturated rings. The van der Waals surface area contributed by atoms with Crippen molar-refractivity contribution < 1.29 is 36.2 Å². The Morgan fingerprint density at radius 3 is 2.07 bits per heavy atom. The van der Waals surface area contributed by atoms with Crippen molar-refractivity contribution in [2.45, 2.75) is 27.7 Å². The lowest BCUT2D eigenvalue weighted by molar-refractivity contribution is -0.250. The Balaban J connectivity index is 2.15. The molecule has 1 N–H and O–H groups in total. The summed E-state index contributed by atoms with van der Waals surface area (Å²) in [5.41, 5.74) is -5.78. The minimum absolute atomic E-state index is 0.0276. The lowest BCUT2D eigenvalue weighted by Crippen LogP contribution is -2.45. The number of ketones is 1. The maximum atomic E-state index is 14.1. The van der Waals surface area contributed by atoms with Gasteiger partial charge in [-0.1, -0.05) is 54.2 Å². The van der Waals surface area contributed by atoms with Crippen molar-refractivity contribution in [3.8, 4) is 0 Å². The van der Waals surface area contributed by atoms with Gasteiger partial charge < -0.3 is 5.11 Å². The summed E-state index contributed by atoms with van der Waals surface area (Å²) in [6, 6.07) is 11.2. The summed E-state index contributed by atoms with van der Waals surface area (Å²) < 4.78 is 81.6. The zero-order valence-electron chi connectivity index (χ0n) is 14.2. The highest BCUT2D eigenvalue weighted by Crippen LogP contribution is 2.56. The molecule has 0 aliphatic carbocycles. The fraction of sp³-hybridized carbons (Fsp3) is 0.150. The molecule has 0 amide bonds. The quantitative estimate of drug-likeness (QED) is 0.390. The molecule has 1 unspecified atom stereocenters. The van der Waals surface area contributed by atoms with Gasteiger partial charge in [0.25, 0.3) is 5.78 Å². The van der Waals surface area contributed by atoms with Crippen LogP contribution in [0.15, 0.2) is 64.4 Å². The number of rotatable bonds is 1. The molecule has 1 aliphatic heterocycles. The molecule has 0 aromatic heterocycles. The zero-order valence-corrected chi connectivity index (χ0v) is 15.0. The second-order valence-corrected chi connectivity index (χ2v) is 7.53. The van der Waals surface area contributed by atoms with E-state index in [1.807, 2.05) is 0 Å². The van der Waals surface area contributed by atoms with E-state index in [1.165, 1.54) is 42.5 Å². The summed E-state index contributed by atoms with van der Waals surface area (Å²) in [7, 11) is 0. The molecule has 0 saturated carbocycles. The first-order chi connectivity index (χ1) is 13.5. The highest BCUT2D eigenvalue weighted by Gasteiger charge is 2.60. The van der Waals surface area contributed by atoms with Crippen LogP contribution in [0, 0.1) is 0 Å². The molecule has 9 heteroatoms. The van der Waals surface area contributed by atoms with E-state index in [1.54, 1.807) is 0 Å². The zero-order chi connectivity index (χ0) is 21.2. The summed E-state index contributed by atoms with van der Waals surface area (Å²) in [5.74, 6) is -2.27. The highest BCUT2D eigenvalue weighted by atomic mass is 32.2. The molecule has 0 radical (unpaired) electrons. The summed E-state index contributed by atoms with van der Waals surface area (Å²) >= 11 is 0.906. The van der Waals surface area contributed by atoms with E-state index in [0.29, 0.717) is 6.07 Å². The smallest absolute Gasteiger partial charge is 0.372 e. The Morgan fingerprint density at radius 2 is 1.45 bits per heavy atom. The lowest BCUT2D eigenvalue weighted by Gasteiger charge is -2.38. The Labute approximate surface area is 164 Å². The SMILES string of the molecule is O=C(c1cc2c(c3ccccc13)Sc1ccccc1C2(O)C(F)(F)F)C(F)(F)F. The molecule has 4 rings (SSSR count). The molecule has 0 saturated heterocycles. The fourth-order valence-electron chi connectivity index (χ4n) is 3.48. The van der Waals surface area contributed by atoms with Crippen LogP contribution in [0.4, 0.5) is 26.3 Å². The number of aliphatic hydroxyl groups is 1. The first-order valence-corrected chi connectivity index (χ1v) is 9.02. The summed E-state index contributed by atoms with van der Waals surface area (Å²) in [5, 5.41) is 10.7. The number of alkyl halides is 6. The summed E-state index contributed by atoms with van der Waals surface area (Å²) in [4.78, 5) is 12.1. The van der Waals surface area contributed by atoms with Gasteiger partial charge in [0.1, 0.15) is 0 Å². The third kappa shape index (κ3) is 2.83. The van der Waals surface area contributed by atoms with Crippen molar-refractivity contribution >= 4 is 28.3 Å². The maximum Gasteiger partial charge on any atom is 0.454 e. The van der Waals surface area contributed by atoms with Crippen molar-refractivity contribution in [2.24, 2.45) is 0 Å². The van der Waals surface area contributed by atoms with E-state index < -0.39 is 40.4 Å². The van der Waals surface area contributed by atoms with Crippen LogP contribution in [0.2, 0.25) is 0 Å². The minimum atomic E-state index is -5.28. The Kier molecular flexibility index (Phi) is 4.25. The molecule has 1 aliphatic rings. The fourth-order valence-corrected chi connectivity index (χ4v) is 4.78. The van der Waals surface area contributed by atoms with Crippen molar-refractivity contribution in [1.29, 1.82) is 0 Å². The largest absolute Gasteiger partial charge is 0.454 e. The number of carbonyl (C=O) groups is 1. The third-order valence-electron chi connectivity index (χ3n) is 4.79. The predicted octanol–water partition coefficient (Wildman–Crippen LogP) is 5.85. The third-order valence-corrected chi connectivity index (χ3v) is 6.01. The number of fused-ring (bicyclic) bond motifs is 4. The monoisotopic (exact) mass is 428 g/mol. The first kappa shape index (κ1) is 19.8. The van der Waals surface area contributed by atoms with Gasteiger partial charge in [0.05, 0.1) is 0 Å². The minimum Gasteiger partial charge on any atom is -0.372 e. The van der Waals surface area contributed by atoms with Crippen molar-refractivity contribution in [1.82, 2.24) is 0 Å². The maximum absolute atomic E-state index is 14.1. The average Bonchev–Trinajstić information content (AvgIpc) is 2.65. The number of hydrogen-bond acceptors (Lipinski definition) is 3. The molecule has 29 heavy (non-hydrogen) atoms. The van der Waals surface area contributed by atoms with Gasteiger partial charge >= 0.3 is 12.4 Å². The Morgan fingerprint density at radius 1 is 0.862 bits per heavy atom. The molecule has 2 nitrogen and oxygen atoms in total. The predicted molar refractivity (Wildman–Crippen MR) is 94.0 cm³/mol. The number of halogens is 6. The van der Waals surface area contributed by atoms with E-state index in [-0.39, 0.29) is 20.6 Å². The van der Waals surface area contributed by atoms with Gasteiger partial charge in [-0.05, 0) is 22.9 Å². The van der Waals surface area contributed by atoms with E-state index >= 15 is 0 Å². The van der Waals surface area contributed by atoms with Crippen LogP contribution < -0.4 is 0 Å². The van der Waals surface area contributed by atoms with Crippen LogP contribution in [-0.4, -0.2) is 23.2 Å². The van der Waals surface area contributed by atoms with Crippen LogP contribution in [0.3, 0.4) is 0 Å². The molecule has 1 atom stereocenters. The molecular weight excluding hydrogens is 418 g/mol. The van der Waals surface area contributed by atoms with Gasteiger partial charge in [-0.2, -0.15) is 26.3 Å². The summed E-state index contributed by atoms with van der Waals surface area (Å²) in [6.45, 7) is 0. The number of carbonyl (C=O) groups excluding carboxylic acids is 1. The molecule has 0 bridgehead atoms. The number of benzene rings is 3. The second kappa shape index (κ2) is 6.24. The van der Waals surface area contributed by atoms with Crippen molar-refractivity contribution in [2.75, 3.05) is 0 Å². The van der Waals surface area contributed by atoms with Crippen LogP contribution in [0.25, 0.3) is 10.8 Å². The van der Waals surface area contributed by atoms with Crippen molar-refractivity contribution in [3.05, 3.63) is 71.3 Å². The normalized spacial score (nSPS) is 19.0. The van der Waals surface area contributed by atoms with Gasteiger partial charge in [-0.15, -0.1) is 0 Å². The molecule has 3 aromatic rings. The van der Waals surface area contributed by atoms with Crippen molar-refractivity contribution in [3.63, 3.8) is 0 Å². The molecule has 1 heterocycles. The lowest BCUT2D eigenvalue weighted by atomic mass is 9.82. The standard InChI is InChI=1S/C20H10F6O2S/c21-19(22,23)17(27)12-9-14-16(11-6-2-1-5-10(11)12)29-15-8-4-3-7-13(15)18(14,28)20(24,25)26/h1-9,28H. The second-order valence-electron chi connectivity index (χ2n) is 6.48. The molecule has 0 spiro atoms.